The van der Waals surface area contributed by atoms with Crippen molar-refractivity contribution >= 4 is 5.97 Å². The van der Waals surface area contributed by atoms with Gasteiger partial charge in [0.1, 0.15) is 6.10 Å². The molecule has 0 radical (unpaired) electrons. The molecule has 0 aliphatic carbocycles. The number of carbonyl (C=O) groups is 1. The van der Waals surface area contributed by atoms with Crippen LogP contribution in [0.3, 0.4) is 0 Å². The Kier molecular flexibility index (Phi) is 15.4. The molecule has 128 valence electrons. The molecule has 0 fully saturated rings. The molecule has 0 aromatic carbocycles. The van der Waals surface area contributed by atoms with E-state index in [1.807, 2.05) is 12.2 Å². The second kappa shape index (κ2) is 16.2. The Hall–Kier alpha value is -1.13. The minimum atomic E-state index is -0.695. The van der Waals surface area contributed by atoms with Crippen molar-refractivity contribution in [1.29, 1.82) is 0 Å². The van der Waals surface area contributed by atoms with E-state index in [1.165, 1.54) is 0 Å². The van der Waals surface area contributed by atoms with Crippen molar-refractivity contribution in [3.8, 4) is 0 Å². The summed E-state index contributed by atoms with van der Waals surface area (Å²) in [4.78, 5) is 14.7. The first kappa shape index (κ1) is 20.9. The monoisotopic (exact) mass is 312 g/mol. The fourth-order valence-corrected chi connectivity index (χ4v) is 2.18. The third-order valence-corrected chi connectivity index (χ3v) is 3.53. The zero-order chi connectivity index (χ0) is 16.5. The normalized spacial score (nSPS) is 13.2. The van der Waals surface area contributed by atoms with Crippen LogP contribution in [-0.4, -0.2) is 22.4 Å². The summed E-state index contributed by atoms with van der Waals surface area (Å²) >= 11 is 0. The predicted molar refractivity (Wildman–Crippen MR) is 89.9 cm³/mol. The van der Waals surface area contributed by atoms with E-state index in [4.69, 9.17) is 10.4 Å². The Morgan fingerprint density at radius 3 is 2.45 bits per heavy atom. The van der Waals surface area contributed by atoms with E-state index in [9.17, 15) is 4.79 Å². The van der Waals surface area contributed by atoms with Crippen molar-refractivity contribution in [1.82, 2.24) is 0 Å². The highest BCUT2D eigenvalue weighted by Crippen LogP contribution is 2.08. The van der Waals surface area contributed by atoms with Gasteiger partial charge in [0.15, 0.2) is 0 Å². The Labute approximate surface area is 134 Å². The van der Waals surface area contributed by atoms with Crippen molar-refractivity contribution in [2.45, 2.75) is 83.7 Å². The molecule has 0 bridgehead atoms. The third-order valence-electron chi connectivity index (χ3n) is 3.53. The molecule has 0 aliphatic rings. The summed E-state index contributed by atoms with van der Waals surface area (Å²) in [6.07, 6.45) is 18.6. The van der Waals surface area contributed by atoms with E-state index in [0.29, 0.717) is 6.42 Å². The lowest BCUT2D eigenvalue weighted by Crippen LogP contribution is -2.06. The summed E-state index contributed by atoms with van der Waals surface area (Å²) < 4.78 is 0. The molecule has 1 atom stereocenters. The summed E-state index contributed by atoms with van der Waals surface area (Å²) in [5.41, 5.74) is 0. The number of carboxylic acid groups (broad SMARTS) is 1. The van der Waals surface area contributed by atoms with E-state index in [-0.39, 0.29) is 6.10 Å². The summed E-state index contributed by atoms with van der Waals surface area (Å²) in [6.45, 7) is 2.12. The number of hydrogen-bond acceptors (Lipinski definition) is 3. The van der Waals surface area contributed by atoms with Crippen LogP contribution in [0.4, 0.5) is 0 Å². The van der Waals surface area contributed by atoms with Crippen LogP contribution in [0, 0.1) is 0 Å². The van der Waals surface area contributed by atoms with Crippen molar-refractivity contribution < 1.29 is 20.0 Å². The van der Waals surface area contributed by atoms with Gasteiger partial charge in [-0.3, -0.25) is 10.1 Å². The van der Waals surface area contributed by atoms with Gasteiger partial charge >= 0.3 is 5.97 Å². The number of allylic oxidation sites excluding steroid dienone is 3. The Morgan fingerprint density at radius 2 is 1.77 bits per heavy atom. The number of rotatable bonds is 15. The lowest BCUT2D eigenvalue weighted by atomic mass is 10.1. The second-order valence-corrected chi connectivity index (χ2v) is 5.62. The molecule has 0 saturated carbocycles. The molecule has 0 aromatic heterocycles. The fourth-order valence-electron chi connectivity index (χ4n) is 2.18. The van der Waals surface area contributed by atoms with Crippen LogP contribution in [0.5, 0.6) is 0 Å². The SMILES string of the molecule is CCCCC(/C=C/C/C=C/CCCCCCCC(=O)O)OO. The van der Waals surface area contributed by atoms with Gasteiger partial charge in [-0.1, -0.05) is 63.3 Å². The van der Waals surface area contributed by atoms with Crippen molar-refractivity contribution in [2.24, 2.45) is 0 Å². The average Bonchev–Trinajstić information content (AvgIpc) is 2.51. The van der Waals surface area contributed by atoms with Gasteiger partial charge in [-0.2, -0.15) is 0 Å². The Morgan fingerprint density at radius 1 is 1.05 bits per heavy atom. The molecule has 0 amide bonds. The van der Waals surface area contributed by atoms with Crippen LogP contribution in [0.15, 0.2) is 24.3 Å². The molecule has 0 rings (SSSR count). The molecule has 0 heterocycles. The molecule has 22 heavy (non-hydrogen) atoms. The van der Waals surface area contributed by atoms with Gasteiger partial charge in [0.05, 0.1) is 0 Å². The molecule has 0 aliphatic heterocycles. The number of unbranched alkanes of at least 4 members (excludes halogenated alkanes) is 6. The summed E-state index contributed by atoms with van der Waals surface area (Å²) in [5, 5.41) is 17.3. The second-order valence-electron chi connectivity index (χ2n) is 5.62. The maximum atomic E-state index is 10.3. The van der Waals surface area contributed by atoms with Crippen molar-refractivity contribution in [3.05, 3.63) is 24.3 Å². The van der Waals surface area contributed by atoms with Crippen LogP contribution in [-0.2, 0) is 9.68 Å². The fraction of sp³-hybridized carbons (Fsp3) is 0.722. The third kappa shape index (κ3) is 15.3. The van der Waals surface area contributed by atoms with Gasteiger partial charge in [0.2, 0.25) is 0 Å². The topological polar surface area (TPSA) is 66.8 Å². The van der Waals surface area contributed by atoms with Crippen LogP contribution >= 0.6 is 0 Å². The van der Waals surface area contributed by atoms with Gasteiger partial charge in [-0.25, -0.2) is 4.89 Å². The lowest BCUT2D eigenvalue weighted by Gasteiger charge is -2.06. The smallest absolute Gasteiger partial charge is 0.303 e. The van der Waals surface area contributed by atoms with Gasteiger partial charge in [-0.15, -0.1) is 0 Å². The minimum absolute atomic E-state index is 0.181. The minimum Gasteiger partial charge on any atom is -0.481 e. The lowest BCUT2D eigenvalue weighted by molar-refractivity contribution is -0.267. The first-order chi connectivity index (χ1) is 10.7. The summed E-state index contributed by atoms with van der Waals surface area (Å²) in [7, 11) is 0. The zero-order valence-corrected chi connectivity index (χ0v) is 13.9. The molecular formula is C18H32O4. The number of carboxylic acids is 1. The summed E-state index contributed by atoms with van der Waals surface area (Å²) in [5.74, 6) is -0.695. The summed E-state index contributed by atoms with van der Waals surface area (Å²) in [6, 6.07) is 0. The zero-order valence-electron chi connectivity index (χ0n) is 13.9. The van der Waals surface area contributed by atoms with Crippen LogP contribution in [0.25, 0.3) is 0 Å². The van der Waals surface area contributed by atoms with Gasteiger partial charge in [0.25, 0.3) is 0 Å². The van der Waals surface area contributed by atoms with Gasteiger partial charge < -0.3 is 5.11 Å². The van der Waals surface area contributed by atoms with E-state index < -0.39 is 5.97 Å². The first-order valence-corrected chi connectivity index (χ1v) is 8.54. The number of aliphatic carboxylic acids is 1. The Bertz CT molecular complexity index is 310. The molecule has 2 N–H and O–H groups in total. The molecule has 1 unspecified atom stereocenters. The molecule has 0 saturated heterocycles. The van der Waals surface area contributed by atoms with Gasteiger partial charge in [-0.05, 0) is 32.1 Å². The van der Waals surface area contributed by atoms with Crippen LogP contribution in [0.1, 0.15) is 77.6 Å². The highest BCUT2D eigenvalue weighted by Gasteiger charge is 2.02. The highest BCUT2D eigenvalue weighted by atomic mass is 17.1. The molecule has 4 heteroatoms. The van der Waals surface area contributed by atoms with Crippen molar-refractivity contribution in [2.75, 3.05) is 0 Å². The van der Waals surface area contributed by atoms with E-state index in [0.717, 1.165) is 64.2 Å². The quantitative estimate of drug-likeness (QED) is 0.185. The van der Waals surface area contributed by atoms with E-state index in [1.54, 1.807) is 0 Å². The number of hydrogen-bond donors (Lipinski definition) is 2. The Balaban J connectivity index is 3.44. The average molecular weight is 312 g/mol. The van der Waals surface area contributed by atoms with E-state index in [2.05, 4.69) is 24.0 Å². The maximum Gasteiger partial charge on any atom is 0.303 e. The largest absolute Gasteiger partial charge is 0.481 e. The standard InChI is InChI=1S/C18H32O4/c1-2-3-14-17(22-21)15-12-10-8-6-4-5-7-9-11-13-16-18(19)20/h6,8,12,15,17,21H,2-5,7,9-11,13-14,16H2,1H3,(H,19,20)/b8-6+,15-12+. The predicted octanol–water partition coefficient (Wildman–Crippen LogP) is 5.35. The molecule has 0 aromatic rings. The highest BCUT2D eigenvalue weighted by molar-refractivity contribution is 5.66. The van der Waals surface area contributed by atoms with Crippen LogP contribution < -0.4 is 0 Å². The molecular weight excluding hydrogens is 280 g/mol. The van der Waals surface area contributed by atoms with Gasteiger partial charge in [0, 0.05) is 6.42 Å². The van der Waals surface area contributed by atoms with Crippen molar-refractivity contribution in [3.63, 3.8) is 0 Å². The molecule has 0 spiro atoms. The first-order valence-electron chi connectivity index (χ1n) is 8.54. The molecule has 4 nitrogen and oxygen atoms in total. The van der Waals surface area contributed by atoms with E-state index >= 15 is 0 Å². The maximum absolute atomic E-state index is 10.3. The van der Waals surface area contributed by atoms with Crippen LogP contribution in [0.2, 0.25) is 0 Å².